The molecular formula is C30H34N2O11. The first-order valence-electron chi connectivity index (χ1n) is 13.6. The summed E-state index contributed by atoms with van der Waals surface area (Å²) in [5.41, 5.74) is 4.12. The predicted octanol–water partition coefficient (Wildman–Crippen LogP) is -0.364. The fourth-order valence-electron chi connectivity index (χ4n) is 5.88. The summed E-state index contributed by atoms with van der Waals surface area (Å²) in [4.78, 5) is 27.5. The van der Waals surface area contributed by atoms with E-state index in [1.54, 1.807) is 13.0 Å². The van der Waals surface area contributed by atoms with Gasteiger partial charge in [-0.25, -0.2) is 0 Å². The number of dihydropyridines is 1. The Morgan fingerprint density at radius 1 is 1.09 bits per heavy atom. The minimum absolute atomic E-state index is 0.00417. The summed E-state index contributed by atoms with van der Waals surface area (Å²) < 4.78 is 17.0. The molecule has 230 valence electrons. The van der Waals surface area contributed by atoms with Crippen molar-refractivity contribution >= 4 is 11.6 Å². The van der Waals surface area contributed by atoms with Crippen molar-refractivity contribution in [2.45, 2.75) is 56.6 Å². The highest BCUT2D eigenvalue weighted by Crippen LogP contribution is 2.44. The number of methoxy groups -OCH3 is 1. The number of ketones is 2. The zero-order valence-electron chi connectivity index (χ0n) is 23.5. The van der Waals surface area contributed by atoms with E-state index in [0.717, 1.165) is 5.57 Å². The number of aryl methyl sites for hydroxylation is 1. The normalized spacial score (nSPS) is 26.6. The van der Waals surface area contributed by atoms with Crippen molar-refractivity contribution in [3.8, 4) is 17.2 Å². The third kappa shape index (κ3) is 5.13. The number of rotatable bonds is 8. The molecule has 1 saturated heterocycles. The topological polar surface area (TPSA) is 221 Å². The van der Waals surface area contributed by atoms with E-state index >= 15 is 0 Å². The predicted molar refractivity (Wildman–Crippen MR) is 150 cm³/mol. The van der Waals surface area contributed by atoms with E-state index in [-0.39, 0.29) is 52.2 Å². The molecule has 0 spiro atoms. The number of hydrogen-bond donors (Lipinski definition) is 8. The van der Waals surface area contributed by atoms with E-state index in [1.807, 2.05) is 6.08 Å². The van der Waals surface area contributed by atoms with Gasteiger partial charge in [0.15, 0.2) is 5.78 Å². The van der Waals surface area contributed by atoms with Gasteiger partial charge in [0, 0.05) is 29.3 Å². The number of benzene rings is 2. The van der Waals surface area contributed by atoms with Crippen molar-refractivity contribution in [2.24, 2.45) is 5.73 Å². The number of aliphatic hydroxyl groups excluding tert-OH is 4. The second-order valence-corrected chi connectivity index (χ2v) is 10.8. The van der Waals surface area contributed by atoms with Crippen LogP contribution >= 0.6 is 0 Å². The molecule has 13 nitrogen and oxygen atoms in total. The van der Waals surface area contributed by atoms with E-state index in [2.05, 4.69) is 5.32 Å². The smallest absolute Gasteiger partial charge is 0.229 e. The molecule has 5 atom stereocenters. The summed E-state index contributed by atoms with van der Waals surface area (Å²) in [5.74, 6) is -1.79. The number of fused-ring (bicyclic) bond motifs is 2. The number of aromatic hydroxyl groups is 1. The molecule has 5 unspecified atom stereocenters. The van der Waals surface area contributed by atoms with Crippen LogP contribution in [0.4, 0.5) is 0 Å². The largest absolute Gasteiger partial charge is 0.507 e. The van der Waals surface area contributed by atoms with Gasteiger partial charge in [0.25, 0.3) is 0 Å². The quantitative estimate of drug-likeness (QED) is 0.166. The molecule has 2 aromatic carbocycles. The van der Waals surface area contributed by atoms with Crippen LogP contribution in [0.15, 0.2) is 41.7 Å². The highest BCUT2D eigenvalue weighted by Gasteiger charge is 2.55. The molecule has 1 fully saturated rings. The van der Waals surface area contributed by atoms with Gasteiger partial charge in [-0.2, -0.15) is 0 Å². The Balaban J connectivity index is 1.51. The summed E-state index contributed by atoms with van der Waals surface area (Å²) in [6.45, 7) is 0.679. The maximum Gasteiger partial charge on any atom is 0.229 e. The molecule has 0 saturated carbocycles. The van der Waals surface area contributed by atoms with Crippen molar-refractivity contribution in [3.05, 3.63) is 75.1 Å². The van der Waals surface area contributed by atoms with Gasteiger partial charge in [-0.05, 0) is 49.1 Å². The van der Waals surface area contributed by atoms with Gasteiger partial charge in [0.1, 0.15) is 41.2 Å². The molecule has 1 aliphatic carbocycles. The number of aliphatic hydroxyl groups is 5. The Morgan fingerprint density at radius 3 is 2.49 bits per heavy atom. The van der Waals surface area contributed by atoms with Gasteiger partial charge in [-0.3, -0.25) is 9.59 Å². The van der Waals surface area contributed by atoms with Crippen molar-refractivity contribution < 1.29 is 54.4 Å². The average molecular weight is 599 g/mol. The van der Waals surface area contributed by atoms with Gasteiger partial charge in [-0.1, -0.05) is 6.08 Å². The maximum atomic E-state index is 13.8. The monoisotopic (exact) mass is 598 g/mol. The number of hydrogen-bond acceptors (Lipinski definition) is 13. The summed E-state index contributed by atoms with van der Waals surface area (Å²) in [6, 6.07) is 3.98. The standard InChI is InChI=1S/C30H34N2O11/c1-13-7-15-22(17(35)8-13)26(37)24-19(10-18(41-2)16(11-33)23(24)25(15)36)42-29-27(38)28(39)30(40,20(12-34)43-29)5-3-14-4-6-32-21(31)9-14/h4,7-10,20,27-29,32-35,38-40H,3,5-6,11-12,31H2,1-2H3. The van der Waals surface area contributed by atoms with Crippen molar-refractivity contribution in [3.63, 3.8) is 0 Å². The summed E-state index contributed by atoms with van der Waals surface area (Å²) in [6.07, 6.45) is -3.28. The molecule has 13 heteroatoms. The number of allylic oxidation sites excluding steroid dienone is 2. The van der Waals surface area contributed by atoms with E-state index in [4.69, 9.17) is 19.9 Å². The number of ether oxygens (including phenoxy) is 3. The van der Waals surface area contributed by atoms with Crippen LogP contribution in [0.5, 0.6) is 17.2 Å². The minimum atomic E-state index is -2.10. The average Bonchev–Trinajstić information content (AvgIpc) is 2.98. The molecule has 2 heterocycles. The first kappa shape index (κ1) is 30.5. The number of phenolic OH excluding ortho intramolecular Hbond substituents is 1. The van der Waals surface area contributed by atoms with E-state index in [0.29, 0.717) is 17.9 Å². The maximum absolute atomic E-state index is 13.8. The number of carbonyl (C=O) groups excluding carboxylic acids is 2. The highest BCUT2D eigenvalue weighted by atomic mass is 16.7. The molecule has 2 aromatic rings. The van der Waals surface area contributed by atoms with Crippen LogP contribution in [0.3, 0.4) is 0 Å². The molecule has 9 N–H and O–H groups in total. The van der Waals surface area contributed by atoms with E-state index in [1.165, 1.54) is 25.3 Å². The lowest BCUT2D eigenvalue weighted by Gasteiger charge is -2.48. The number of carbonyl (C=O) groups is 2. The Morgan fingerprint density at radius 2 is 1.84 bits per heavy atom. The first-order chi connectivity index (χ1) is 20.4. The van der Waals surface area contributed by atoms with Crippen LogP contribution in [-0.4, -0.2) is 92.7 Å². The fraction of sp³-hybridized carbons (Fsp3) is 0.400. The van der Waals surface area contributed by atoms with Crippen LogP contribution in [0.2, 0.25) is 0 Å². The number of nitrogens with one attached hydrogen (secondary N) is 1. The van der Waals surface area contributed by atoms with Gasteiger partial charge < -0.3 is 55.9 Å². The highest BCUT2D eigenvalue weighted by molar-refractivity contribution is 6.31. The number of nitrogens with two attached hydrogens (primary N) is 1. The molecular weight excluding hydrogens is 564 g/mol. The molecule has 0 radical (unpaired) electrons. The number of phenols is 1. The van der Waals surface area contributed by atoms with Gasteiger partial charge in [0.05, 0.1) is 37.3 Å². The third-order valence-electron chi connectivity index (χ3n) is 8.13. The molecule has 0 amide bonds. The summed E-state index contributed by atoms with van der Waals surface area (Å²) in [5, 5.41) is 67.3. The van der Waals surface area contributed by atoms with Crippen LogP contribution in [0, 0.1) is 6.92 Å². The van der Waals surface area contributed by atoms with E-state index < -0.39 is 60.7 Å². The van der Waals surface area contributed by atoms with Crippen molar-refractivity contribution in [1.29, 1.82) is 0 Å². The second-order valence-electron chi connectivity index (χ2n) is 10.8. The van der Waals surface area contributed by atoms with Gasteiger partial charge in [0.2, 0.25) is 12.1 Å². The van der Waals surface area contributed by atoms with Crippen LogP contribution in [0.1, 0.15) is 55.8 Å². The Kier molecular flexibility index (Phi) is 8.22. The van der Waals surface area contributed by atoms with Crippen LogP contribution < -0.4 is 20.5 Å². The molecule has 43 heavy (non-hydrogen) atoms. The Hall–Kier alpha value is -3.98. The lowest BCUT2D eigenvalue weighted by molar-refractivity contribution is -0.314. The third-order valence-corrected chi connectivity index (χ3v) is 8.13. The molecule has 2 aliphatic heterocycles. The van der Waals surface area contributed by atoms with E-state index in [9.17, 15) is 40.2 Å². The van der Waals surface area contributed by atoms with Crippen LogP contribution in [-0.2, 0) is 11.3 Å². The fourth-order valence-corrected chi connectivity index (χ4v) is 5.88. The minimum Gasteiger partial charge on any atom is -0.507 e. The Bertz CT molecular complexity index is 1530. The van der Waals surface area contributed by atoms with Gasteiger partial charge >= 0.3 is 0 Å². The van der Waals surface area contributed by atoms with Crippen molar-refractivity contribution in [1.82, 2.24) is 5.32 Å². The summed E-state index contributed by atoms with van der Waals surface area (Å²) in [7, 11) is 1.28. The molecule has 0 bridgehead atoms. The SMILES string of the molecule is COc1cc(OC2OC(CO)C(O)(CCC3=CCNC(N)=C3)C(O)C2O)c2c(c1CO)C(=O)c1cc(C)cc(O)c1C2=O. The van der Waals surface area contributed by atoms with Crippen molar-refractivity contribution in [2.75, 3.05) is 20.3 Å². The summed E-state index contributed by atoms with van der Waals surface area (Å²) >= 11 is 0. The molecule has 5 rings (SSSR count). The second kappa shape index (κ2) is 11.6. The first-order valence-corrected chi connectivity index (χ1v) is 13.6. The zero-order valence-corrected chi connectivity index (χ0v) is 23.5. The zero-order chi connectivity index (χ0) is 31.2. The van der Waals surface area contributed by atoms with Crippen LogP contribution in [0.25, 0.3) is 0 Å². The lowest BCUT2D eigenvalue weighted by Crippen LogP contribution is -2.67. The van der Waals surface area contributed by atoms with Gasteiger partial charge in [-0.15, -0.1) is 0 Å². The molecule has 3 aliphatic rings. The lowest BCUT2D eigenvalue weighted by atomic mass is 9.79. The Labute approximate surface area is 246 Å². The molecule has 0 aromatic heterocycles.